The molecule has 1 N–H and O–H groups in total. The minimum Gasteiger partial charge on any atom is -0.507 e. The molecule has 9 heteroatoms. The van der Waals surface area contributed by atoms with E-state index in [1.807, 2.05) is 0 Å². The first-order chi connectivity index (χ1) is 14.5. The third-order valence-corrected chi connectivity index (χ3v) is 5.31. The molecule has 2 aliphatic heterocycles. The number of rotatable bonds is 3. The van der Waals surface area contributed by atoms with Crippen molar-refractivity contribution in [3.63, 3.8) is 0 Å². The topological polar surface area (TPSA) is 109 Å². The number of imide groups is 1. The summed E-state index contributed by atoms with van der Waals surface area (Å²) >= 11 is 0. The zero-order valence-corrected chi connectivity index (χ0v) is 15.9. The molecule has 3 amide bonds. The summed E-state index contributed by atoms with van der Waals surface area (Å²) in [6, 6.07) is 12.0. The minimum absolute atomic E-state index is 0.107. The van der Waals surface area contributed by atoms with Crippen molar-refractivity contribution in [2.45, 2.75) is 25.8 Å². The van der Waals surface area contributed by atoms with Crippen LogP contribution in [0.3, 0.4) is 0 Å². The molecule has 2 aliphatic rings. The highest BCUT2D eigenvalue weighted by Crippen LogP contribution is 2.30. The van der Waals surface area contributed by atoms with Gasteiger partial charge in [0.2, 0.25) is 11.8 Å². The SMILES string of the molecule is O=C1c2ccc(-n3cc(-c4ccccc4O)nn3)cc2CN1N1C(=O)CCCC1=O. The van der Waals surface area contributed by atoms with Gasteiger partial charge in [-0.15, -0.1) is 5.10 Å². The summed E-state index contributed by atoms with van der Waals surface area (Å²) in [6.07, 6.45) is 2.71. The molecule has 3 aromatic rings. The Bertz CT molecular complexity index is 1190. The average molecular weight is 403 g/mol. The van der Waals surface area contributed by atoms with Crippen LogP contribution in [0.15, 0.2) is 48.7 Å². The maximum atomic E-state index is 12.8. The molecule has 0 bridgehead atoms. The Morgan fingerprint density at radius 1 is 0.933 bits per heavy atom. The fraction of sp³-hybridized carbons (Fsp3) is 0.190. The fourth-order valence-corrected chi connectivity index (χ4v) is 3.81. The van der Waals surface area contributed by atoms with Gasteiger partial charge in [-0.05, 0) is 42.3 Å². The van der Waals surface area contributed by atoms with E-state index in [1.165, 1.54) is 5.01 Å². The molecule has 0 saturated carbocycles. The van der Waals surface area contributed by atoms with Crippen molar-refractivity contribution in [2.75, 3.05) is 0 Å². The Morgan fingerprint density at radius 3 is 2.47 bits per heavy atom. The maximum Gasteiger partial charge on any atom is 0.273 e. The number of hydrogen-bond donors (Lipinski definition) is 1. The van der Waals surface area contributed by atoms with Crippen LogP contribution in [0.1, 0.15) is 35.2 Å². The number of phenols is 1. The van der Waals surface area contributed by atoms with E-state index in [-0.39, 0.29) is 42.9 Å². The van der Waals surface area contributed by atoms with Crippen LogP contribution in [0.4, 0.5) is 0 Å². The van der Waals surface area contributed by atoms with Gasteiger partial charge in [-0.2, -0.15) is 5.01 Å². The highest BCUT2D eigenvalue weighted by atomic mass is 16.3. The summed E-state index contributed by atoms with van der Waals surface area (Å²) in [5, 5.41) is 20.5. The van der Waals surface area contributed by atoms with Gasteiger partial charge in [0.25, 0.3) is 5.91 Å². The van der Waals surface area contributed by atoms with Crippen LogP contribution in [0, 0.1) is 0 Å². The van der Waals surface area contributed by atoms with Gasteiger partial charge in [0.05, 0.1) is 18.4 Å². The summed E-state index contributed by atoms with van der Waals surface area (Å²) in [4.78, 5) is 37.2. The zero-order chi connectivity index (χ0) is 20.8. The number of para-hydroxylation sites is 1. The molecule has 30 heavy (non-hydrogen) atoms. The lowest BCUT2D eigenvalue weighted by Gasteiger charge is -2.32. The van der Waals surface area contributed by atoms with Gasteiger partial charge in [0.15, 0.2) is 0 Å². The molecule has 1 saturated heterocycles. The Labute approximate surface area is 171 Å². The van der Waals surface area contributed by atoms with Crippen LogP contribution in [0.25, 0.3) is 16.9 Å². The van der Waals surface area contributed by atoms with Crippen LogP contribution in [0.2, 0.25) is 0 Å². The van der Waals surface area contributed by atoms with Crippen molar-refractivity contribution in [3.8, 4) is 22.7 Å². The van der Waals surface area contributed by atoms with E-state index in [4.69, 9.17) is 0 Å². The predicted molar refractivity (Wildman–Crippen MR) is 104 cm³/mol. The number of fused-ring (bicyclic) bond motifs is 1. The second-order valence-electron chi connectivity index (χ2n) is 7.22. The molecule has 0 unspecified atom stereocenters. The van der Waals surface area contributed by atoms with Gasteiger partial charge >= 0.3 is 0 Å². The lowest BCUT2D eigenvalue weighted by molar-refractivity contribution is -0.163. The monoisotopic (exact) mass is 403 g/mol. The van der Waals surface area contributed by atoms with Crippen molar-refractivity contribution in [1.82, 2.24) is 25.0 Å². The fourth-order valence-electron chi connectivity index (χ4n) is 3.81. The number of carbonyl (C=O) groups is 3. The summed E-state index contributed by atoms with van der Waals surface area (Å²) in [5.41, 5.74) is 2.90. The third kappa shape index (κ3) is 2.83. The van der Waals surface area contributed by atoms with Crippen LogP contribution in [-0.4, -0.2) is 47.8 Å². The van der Waals surface area contributed by atoms with Gasteiger partial charge in [-0.25, -0.2) is 9.69 Å². The molecule has 0 spiro atoms. The molecule has 0 atom stereocenters. The summed E-state index contributed by atoms with van der Waals surface area (Å²) in [6.45, 7) is 0.139. The van der Waals surface area contributed by atoms with Crippen molar-refractivity contribution in [1.29, 1.82) is 0 Å². The first-order valence-electron chi connectivity index (χ1n) is 9.54. The first-order valence-corrected chi connectivity index (χ1v) is 9.54. The molecule has 2 aromatic carbocycles. The molecule has 5 rings (SSSR count). The Hall–Kier alpha value is -4.01. The summed E-state index contributed by atoms with van der Waals surface area (Å²) in [7, 11) is 0. The highest BCUT2D eigenvalue weighted by molar-refractivity contribution is 6.04. The Kier molecular flexibility index (Phi) is 4.09. The third-order valence-electron chi connectivity index (χ3n) is 5.31. The highest BCUT2D eigenvalue weighted by Gasteiger charge is 2.39. The van der Waals surface area contributed by atoms with Crippen molar-refractivity contribution >= 4 is 17.7 Å². The summed E-state index contributed by atoms with van der Waals surface area (Å²) in [5.74, 6) is -0.961. The molecule has 3 heterocycles. The van der Waals surface area contributed by atoms with Crippen LogP contribution in [0.5, 0.6) is 5.75 Å². The molecule has 1 aromatic heterocycles. The van der Waals surface area contributed by atoms with Crippen molar-refractivity contribution < 1.29 is 19.5 Å². The van der Waals surface area contributed by atoms with Gasteiger partial charge in [-0.3, -0.25) is 14.4 Å². The van der Waals surface area contributed by atoms with Crippen LogP contribution < -0.4 is 0 Å². The zero-order valence-electron chi connectivity index (χ0n) is 15.9. The van der Waals surface area contributed by atoms with Crippen LogP contribution in [-0.2, 0) is 16.1 Å². The number of nitrogens with zero attached hydrogens (tertiary/aromatic N) is 5. The number of hydrogen-bond acceptors (Lipinski definition) is 6. The number of benzene rings is 2. The second-order valence-corrected chi connectivity index (χ2v) is 7.22. The minimum atomic E-state index is -0.367. The van der Waals surface area contributed by atoms with Gasteiger partial charge in [-0.1, -0.05) is 17.3 Å². The van der Waals surface area contributed by atoms with E-state index in [0.29, 0.717) is 34.5 Å². The normalized spacial score (nSPS) is 16.3. The van der Waals surface area contributed by atoms with E-state index in [0.717, 1.165) is 5.01 Å². The molecule has 0 aliphatic carbocycles. The smallest absolute Gasteiger partial charge is 0.273 e. The number of aromatic hydroxyl groups is 1. The van der Waals surface area contributed by atoms with E-state index >= 15 is 0 Å². The lowest BCUT2D eigenvalue weighted by Crippen LogP contribution is -2.51. The molecule has 1 fully saturated rings. The van der Waals surface area contributed by atoms with E-state index in [1.54, 1.807) is 53.3 Å². The van der Waals surface area contributed by atoms with Gasteiger partial charge in [0, 0.05) is 24.0 Å². The van der Waals surface area contributed by atoms with E-state index in [2.05, 4.69) is 10.3 Å². The number of piperidine rings is 1. The largest absolute Gasteiger partial charge is 0.507 e. The molecule has 150 valence electrons. The summed E-state index contributed by atoms with van der Waals surface area (Å²) < 4.78 is 1.55. The Morgan fingerprint density at radius 2 is 1.70 bits per heavy atom. The first kappa shape index (κ1) is 18.0. The van der Waals surface area contributed by atoms with Crippen molar-refractivity contribution in [3.05, 3.63) is 59.8 Å². The number of hydrazine groups is 1. The molecular formula is C21H17N5O4. The maximum absolute atomic E-state index is 12.8. The molecule has 9 nitrogen and oxygen atoms in total. The predicted octanol–water partition coefficient (Wildman–Crippen LogP) is 2.05. The van der Waals surface area contributed by atoms with Gasteiger partial charge < -0.3 is 5.11 Å². The number of amides is 3. The van der Waals surface area contributed by atoms with Crippen molar-refractivity contribution in [2.24, 2.45) is 0 Å². The quantitative estimate of drug-likeness (QED) is 0.671. The van der Waals surface area contributed by atoms with E-state index < -0.39 is 0 Å². The average Bonchev–Trinajstić information content (AvgIpc) is 3.34. The standard InChI is InChI=1S/C21H17N5O4/c27-18-5-2-1-4-16(18)17-12-24(23-22-17)14-8-9-15-13(10-14)11-25(21(15)30)26-19(28)6-3-7-20(26)29/h1-2,4-5,8-10,12,27H,3,6-7,11H2. The Balaban J connectivity index is 1.45. The number of phenolic OH excluding ortho intramolecular Hbond substituents is 1. The second kappa shape index (κ2) is 6.80. The van der Waals surface area contributed by atoms with Gasteiger partial charge in [0.1, 0.15) is 11.4 Å². The molecular weight excluding hydrogens is 386 g/mol. The van der Waals surface area contributed by atoms with E-state index in [9.17, 15) is 19.5 Å². The van der Waals surface area contributed by atoms with Crippen LogP contribution >= 0.6 is 0 Å². The number of aromatic nitrogens is 3. The molecule has 0 radical (unpaired) electrons. The number of carbonyl (C=O) groups excluding carboxylic acids is 3. The lowest BCUT2D eigenvalue weighted by atomic mass is 10.1.